The molecule has 1 aliphatic rings. The molecule has 0 radical (unpaired) electrons. The lowest BCUT2D eigenvalue weighted by Gasteiger charge is -2.34. The average Bonchev–Trinajstić information content (AvgIpc) is 3.97. The number of anilines is 3. The van der Waals surface area contributed by atoms with Crippen LogP contribution in [0.4, 0.5) is 17.1 Å². The Morgan fingerprint density at radius 1 is 0.381 bits per heavy atom. The molecule has 2 heteroatoms. The van der Waals surface area contributed by atoms with Crippen LogP contribution in [0.2, 0.25) is 0 Å². The van der Waals surface area contributed by atoms with E-state index in [4.69, 9.17) is 11.0 Å². The molecule has 12 rings (SSSR count). The van der Waals surface area contributed by atoms with Gasteiger partial charge in [-0.3, -0.25) is 0 Å². The molecule has 0 spiro atoms. The maximum absolute atomic E-state index is 9.77. The van der Waals surface area contributed by atoms with Gasteiger partial charge in [-0.1, -0.05) is 206 Å². The third-order valence-corrected chi connectivity index (χ3v) is 12.3. The lowest BCUT2D eigenvalue weighted by atomic mass is 9.68. The first kappa shape index (κ1) is 26.2. The summed E-state index contributed by atoms with van der Waals surface area (Å²) in [6, 6.07) is 52.6. The third-order valence-electron chi connectivity index (χ3n) is 12.3. The van der Waals surface area contributed by atoms with Crippen molar-refractivity contribution in [2.24, 2.45) is 0 Å². The van der Waals surface area contributed by atoms with Crippen LogP contribution in [-0.2, 0) is 5.41 Å². The van der Waals surface area contributed by atoms with Crippen molar-refractivity contribution in [2.75, 3.05) is 4.90 Å². The van der Waals surface area contributed by atoms with Crippen LogP contribution in [0, 0.1) is 0 Å². The van der Waals surface area contributed by atoms with Crippen LogP contribution in [0.1, 0.15) is 38.7 Å². The molecule has 10 aromatic carbocycles. The molecular weight excluding hydrogens is 761 g/mol. The summed E-state index contributed by atoms with van der Waals surface area (Å²) in [5, 5.41) is 1.76. The van der Waals surface area contributed by atoms with E-state index in [2.05, 4.69) is 95.9 Å². The second kappa shape index (κ2) is 15.1. The van der Waals surface area contributed by atoms with Gasteiger partial charge in [0.2, 0.25) is 0 Å². The van der Waals surface area contributed by atoms with Crippen LogP contribution in [0.25, 0.3) is 60.9 Å². The molecular formula is C61H42N2. The van der Waals surface area contributed by atoms with Gasteiger partial charge in [0.15, 0.2) is 0 Å². The number of rotatable bonds is 8. The molecule has 0 N–H and O–H groups in total. The normalized spacial score (nSPS) is 15.2. The number of aromatic nitrogens is 1. The Kier molecular flexibility index (Phi) is 6.26. The van der Waals surface area contributed by atoms with Crippen molar-refractivity contribution in [1.82, 2.24) is 4.57 Å². The molecule has 296 valence electrons. The Morgan fingerprint density at radius 2 is 0.921 bits per heavy atom. The number of benzene rings is 10. The molecule has 0 fully saturated rings. The lowest BCUT2D eigenvalue weighted by molar-refractivity contribution is 0.768. The first-order valence-electron chi connectivity index (χ1n) is 26.8. The van der Waals surface area contributed by atoms with Crippen molar-refractivity contribution in [1.29, 1.82) is 0 Å². The van der Waals surface area contributed by atoms with Crippen molar-refractivity contribution in [3.05, 3.63) is 277 Å². The molecule has 0 amide bonds. The Balaban J connectivity index is 1.17. The molecule has 0 saturated heterocycles. The quantitative estimate of drug-likeness (QED) is 0.148. The van der Waals surface area contributed by atoms with E-state index in [9.17, 15) is 5.48 Å². The fourth-order valence-electron chi connectivity index (χ4n) is 9.56. The molecule has 11 aromatic rings. The van der Waals surface area contributed by atoms with E-state index >= 15 is 0 Å². The van der Waals surface area contributed by atoms with E-state index in [-0.39, 0.29) is 27.8 Å². The van der Waals surface area contributed by atoms with Crippen LogP contribution < -0.4 is 4.90 Å². The highest BCUT2D eigenvalue weighted by atomic mass is 15.1. The van der Waals surface area contributed by atoms with Crippen molar-refractivity contribution in [3.8, 4) is 39.1 Å². The molecule has 1 heterocycles. The number of nitrogens with zero attached hydrogens (tertiary/aromatic N) is 2. The molecule has 0 saturated carbocycles. The first-order chi connectivity index (χ1) is 36.2. The predicted octanol–water partition coefficient (Wildman–Crippen LogP) is 16.0. The van der Waals surface area contributed by atoms with E-state index in [1.807, 2.05) is 71.3 Å². The summed E-state index contributed by atoms with van der Waals surface area (Å²) >= 11 is 0. The fraction of sp³-hybridized carbons (Fsp3) is 0.0164. The van der Waals surface area contributed by atoms with Crippen LogP contribution in [0.5, 0.6) is 0 Å². The van der Waals surface area contributed by atoms with Gasteiger partial charge in [0.1, 0.15) is 0 Å². The molecule has 2 nitrogen and oxygen atoms in total. The van der Waals surface area contributed by atoms with Crippen molar-refractivity contribution >= 4 is 38.9 Å². The summed E-state index contributed by atoms with van der Waals surface area (Å²) in [5.41, 5.74) is 6.88. The molecule has 1 aliphatic carbocycles. The van der Waals surface area contributed by atoms with E-state index < -0.39 is 77.9 Å². The Bertz CT molecular complexity index is 3990. The van der Waals surface area contributed by atoms with Crippen molar-refractivity contribution in [2.45, 2.75) is 5.41 Å². The van der Waals surface area contributed by atoms with Crippen molar-refractivity contribution < 1.29 is 16.4 Å². The number of para-hydroxylation sites is 1. The fourth-order valence-corrected chi connectivity index (χ4v) is 9.56. The van der Waals surface area contributed by atoms with Gasteiger partial charge in [-0.25, -0.2) is 0 Å². The molecule has 0 atom stereocenters. The maximum atomic E-state index is 9.77. The smallest absolute Gasteiger partial charge is 0.0714 e. The van der Waals surface area contributed by atoms with Gasteiger partial charge in [0.05, 0.1) is 38.6 Å². The minimum atomic E-state index is -2.14. The minimum Gasteiger partial charge on any atom is -0.310 e. The van der Waals surface area contributed by atoms with Gasteiger partial charge in [-0.15, -0.1) is 0 Å². The second-order valence-electron chi connectivity index (χ2n) is 15.6. The largest absolute Gasteiger partial charge is 0.310 e. The van der Waals surface area contributed by atoms with Gasteiger partial charge in [-0.2, -0.15) is 0 Å². The summed E-state index contributed by atoms with van der Waals surface area (Å²) in [6.07, 6.45) is 0. The summed E-state index contributed by atoms with van der Waals surface area (Å²) in [7, 11) is 0. The minimum absolute atomic E-state index is 0.0344. The van der Waals surface area contributed by atoms with E-state index in [1.54, 1.807) is 12.1 Å². The Morgan fingerprint density at radius 3 is 1.57 bits per heavy atom. The van der Waals surface area contributed by atoms with E-state index in [0.717, 1.165) is 61.1 Å². The van der Waals surface area contributed by atoms with Crippen molar-refractivity contribution in [3.63, 3.8) is 0 Å². The molecule has 0 bridgehead atoms. The second-order valence-corrected chi connectivity index (χ2v) is 15.6. The standard InChI is InChI=1S/C61H42N2/c1-5-18-43(19-6-1)45-32-36-49(37-33-45)62(50-38-34-46(35-39-50)44-20-7-2-8-21-44)51-40-41-53-52-26-14-16-30-57(52)63(59(53)42-51)58-31-17-29-56-60(58)54-27-13-15-28-55(54)61(56,47-22-9-3-10-23-47)48-24-11-4-12-25-48/h1-42H/i3D,4D,9D,10D,11D,12D,13D,15D,22D,24D,27D,28D. The lowest BCUT2D eigenvalue weighted by Crippen LogP contribution is -2.28. The monoisotopic (exact) mass is 814 g/mol. The predicted molar refractivity (Wildman–Crippen MR) is 264 cm³/mol. The van der Waals surface area contributed by atoms with E-state index in [0.29, 0.717) is 11.3 Å². The number of hydrogen-bond donors (Lipinski definition) is 0. The third kappa shape index (κ3) is 5.87. The zero-order valence-corrected chi connectivity index (χ0v) is 33.7. The summed E-state index contributed by atoms with van der Waals surface area (Å²) in [5.74, 6) is 0. The van der Waals surface area contributed by atoms with Gasteiger partial charge in [0.25, 0.3) is 0 Å². The zero-order valence-electron chi connectivity index (χ0n) is 45.7. The first-order valence-corrected chi connectivity index (χ1v) is 20.8. The Hall–Kier alpha value is -8.20. The Labute approximate surface area is 385 Å². The van der Waals surface area contributed by atoms with Crippen LogP contribution in [0.15, 0.2) is 255 Å². The highest BCUT2D eigenvalue weighted by Gasteiger charge is 2.47. The van der Waals surface area contributed by atoms with Gasteiger partial charge in [-0.05, 0) is 98.6 Å². The van der Waals surface area contributed by atoms with E-state index in [1.165, 1.54) is 12.1 Å². The van der Waals surface area contributed by atoms with Crippen LogP contribution >= 0.6 is 0 Å². The number of hydrogen-bond acceptors (Lipinski definition) is 1. The summed E-state index contributed by atoms with van der Waals surface area (Å²) < 4.78 is 112. The maximum Gasteiger partial charge on any atom is 0.0714 e. The molecule has 63 heavy (non-hydrogen) atoms. The summed E-state index contributed by atoms with van der Waals surface area (Å²) in [4.78, 5) is 2.18. The highest BCUT2D eigenvalue weighted by Crippen LogP contribution is 2.58. The van der Waals surface area contributed by atoms with Crippen LogP contribution in [0.3, 0.4) is 0 Å². The zero-order chi connectivity index (χ0) is 52.2. The molecule has 0 aliphatic heterocycles. The average molecular weight is 815 g/mol. The van der Waals surface area contributed by atoms with Gasteiger partial charge < -0.3 is 9.47 Å². The van der Waals surface area contributed by atoms with Gasteiger partial charge in [0, 0.05) is 33.4 Å². The highest BCUT2D eigenvalue weighted by molar-refractivity contribution is 6.11. The topological polar surface area (TPSA) is 8.17 Å². The SMILES string of the molecule is [2H]c1cc(C2(c3cc([2H])c([2H])c([2H])c3[2H])c3cccc(-n4c5ccccc5c5ccc(N(c6ccc(-c7ccccc7)cc6)c6ccc(-c7ccccc7)cc6)cc54)c3-c3c([2H])c([2H])c([2H])c([2H])c32)c([2H])c([2H])c1[2H]. The molecule has 0 unspecified atom stereocenters. The summed E-state index contributed by atoms with van der Waals surface area (Å²) in [6.45, 7) is 0. The molecule has 1 aromatic heterocycles. The van der Waals surface area contributed by atoms with Crippen LogP contribution in [-0.4, -0.2) is 4.57 Å². The van der Waals surface area contributed by atoms with Gasteiger partial charge >= 0.3 is 0 Å². The number of fused-ring (bicyclic) bond motifs is 6.